The van der Waals surface area contributed by atoms with E-state index >= 15 is 0 Å². The van der Waals surface area contributed by atoms with Crippen LogP contribution < -0.4 is 32.8 Å². The van der Waals surface area contributed by atoms with Gasteiger partial charge in [-0.15, -0.1) is 0 Å². The van der Waals surface area contributed by atoms with Crippen LogP contribution in [0, 0.1) is 18.8 Å². The smallest absolute Gasteiger partial charge is 0.258 e. The van der Waals surface area contributed by atoms with Gasteiger partial charge in [0.1, 0.15) is 24.0 Å². The molecule has 0 radical (unpaired) electrons. The SMILES string of the molecule is Cc1ccn(C)c(=O)c1-c1cc(NCc2ccn(C)c(=O)c2-c2cc(N)c3cnc(NC(=O)[C@@H]4C[C@@H]4F)cc3c2)c2cnc(NC(=O)[C@@H]3C[C@H]3F)cc2c1. The molecule has 0 saturated heterocycles. The Morgan fingerprint density at radius 3 is 1.89 bits per heavy atom. The first-order chi connectivity index (χ1) is 25.9. The summed E-state index contributed by atoms with van der Waals surface area (Å²) < 4.78 is 30.1. The first-order valence-electron chi connectivity index (χ1n) is 17.5. The maximum atomic E-state index is 13.8. The average Bonchev–Trinajstić information content (AvgIpc) is 4.07. The van der Waals surface area contributed by atoms with Crippen molar-refractivity contribution in [1.29, 1.82) is 0 Å². The lowest BCUT2D eigenvalue weighted by atomic mass is 9.97. The van der Waals surface area contributed by atoms with E-state index in [4.69, 9.17) is 5.73 Å². The summed E-state index contributed by atoms with van der Waals surface area (Å²) in [7, 11) is 3.33. The normalized spacial score (nSPS) is 18.8. The number of nitrogens with one attached hydrogen (secondary N) is 3. The number of hydrogen-bond acceptors (Lipinski definition) is 8. The fourth-order valence-electron chi connectivity index (χ4n) is 6.81. The molecule has 2 aliphatic rings. The highest BCUT2D eigenvalue weighted by atomic mass is 19.1. The Bertz CT molecular complexity index is 2670. The van der Waals surface area contributed by atoms with E-state index in [1.165, 1.54) is 15.3 Å². The lowest BCUT2D eigenvalue weighted by Gasteiger charge is -2.17. The Morgan fingerprint density at radius 2 is 1.30 bits per heavy atom. The summed E-state index contributed by atoms with van der Waals surface area (Å²) in [6.07, 6.45) is 4.57. The molecule has 12 nitrogen and oxygen atoms in total. The summed E-state index contributed by atoms with van der Waals surface area (Å²) in [5, 5.41) is 11.5. The molecule has 5 N–H and O–H groups in total. The van der Waals surface area contributed by atoms with Gasteiger partial charge >= 0.3 is 0 Å². The van der Waals surface area contributed by atoms with E-state index in [0.29, 0.717) is 60.7 Å². The highest BCUT2D eigenvalue weighted by Gasteiger charge is 2.44. The zero-order valence-corrected chi connectivity index (χ0v) is 29.6. The zero-order valence-electron chi connectivity index (χ0n) is 29.6. The number of fused-ring (bicyclic) bond motifs is 2. The van der Waals surface area contributed by atoms with Crippen LogP contribution in [0.2, 0.25) is 0 Å². The summed E-state index contributed by atoms with van der Waals surface area (Å²) >= 11 is 0. The van der Waals surface area contributed by atoms with E-state index in [0.717, 1.165) is 5.56 Å². The Hall–Kier alpha value is -6.44. The number of halogens is 2. The molecule has 8 rings (SSSR count). The van der Waals surface area contributed by atoms with E-state index in [9.17, 15) is 28.0 Å². The highest BCUT2D eigenvalue weighted by molar-refractivity contribution is 6.02. The first-order valence-corrected chi connectivity index (χ1v) is 17.5. The van der Waals surface area contributed by atoms with Gasteiger partial charge in [-0.25, -0.2) is 18.7 Å². The van der Waals surface area contributed by atoms with Crippen LogP contribution >= 0.6 is 0 Å². The molecule has 4 atom stereocenters. The second-order valence-electron chi connectivity index (χ2n) is 14.1. The van der Waals surface area contributed by atoms with E-state index in [-0.39, 0.29) is 42.1 Å². The minimum Gasteiger partial charge on any atom is -0.398 e. The van der Waals surface area contributed by atoms with Crippen molar-refractivity contribution in [3.05, 3.63) is 105 Å². The van der Waals surface area contributed by atoms with Crippen molar-refractivity contribution < 1.29 is 18.4 Å². The Labute approximate surface area is 307 Å². The van der Waals surface area contributed by atoms with Gasteiger partial charge in [0.15, 0.2) is 0 Å². The second kappa shape index (κ2) is 13.2. The third-order valence-corrected chi connectivity index (χ3v) is 10.2. The van der Waals surface area contributed by atoms with E-state index in [1.807, 2.05) is 31.2 Å². The predicted octanol–water partition coefficient (Wildman–Crippen LogP) is 5.61. The standard InChI is InChI=1S/C40H36F2N8O4/c1-19-4-6-49(2)39(53)35(19)24-9-22-13-34(48-38(52)26-15-30(26)42)46-18-28(22)32(11-24)44-16-20-5-7-50(3)40(54)36(20)23-8-21-12-33(45-17-27(21)31(43)10-23)47-37(51)25-14-29(25)41/h4-13,17-18,25-26,29-30,44H,14-16,43H2,1-3H3,(H,45,47,51)(H,46,48,52)/t25-,26-,29+,30-/m1/s1. The quantitative estimate of drug-likeness (QED) is 0.139. The summed E-state index contributed by atoms with van der Waals surface area (Å²) in [6, 6.07) is 14.2. The van der Waals surface area contributed by atoms with Crippen molar-refractivity contribution in [3.63, 3.8) is 0 Å². The van der Waals surface area contributed by atoms with E-state index in [1.54, 1.807) is 57.0 Å². The summed E-state index contributed by atoms with van der Waals surface area (Å²) in [4.78, 5) is 60.9. The summed E-state index contributed by atoms with van der Waals surface area (Å²) in [6.45, 7) is 2.03. The maximum Gasteiger partial charge on any atom is 0.258 e. The van der Waals surface area contributed by atoms with Crippen LogP contribution in [0.3, 0.4) is 0 Å². The number of rotatable bonds is 9. The number of pyridine rings is 4. The van der Waals surface area contributed by atoms with Crippen LogP contribution in [0.15, 0.2) is 82.9 Å². The molecule has 0 spiro atoms. The molecule has 14 heteroatoms. The molecule has 274 valence electrons. The lowest BCUT2D eigenvalue weighted by Crippen LogP contribution is -2.21. The monoisotopic (exact) mass is 730 g/mol. The molecule has 2 aliphatic carbocycles. The van der Waals surface area contributed by atoms with Crippen molar-refractivity contribution in [2.75, 3.05) is 21.7 Å². The molecule has 2 aromatic carbocycles. The van der Waals surface area contributed by atoms with Gasteiger partial charge in [-0.3, -0.25) is 19.2 Å². The number of alkyl halides is 2. The molecule has 6 aromatic rings. The number of carbonyl (C=O) groups is 2. The molecule has 0 bridgehead atoms. The predicted molar refractivity (Wildman–Crippen MR) is 205 cm³/mol. The average molecular weight is 731 g/mol. The Balaban J connectivity index is 1.18. The number of hydrogen-bond donors (Lipinski definition) is 4. The molecule has 54 heavy (non-hydrogen) atoms. The van der Waals surface area contributed by atoms with Crippen molar-refractivity contribution in [3.8, 4) is 22.3 Å². The van der Waals surface area contributed by atoms with Crippen LogP contribution in [0.5, 0.6) is 0 Å². The van der Waals surface area contributed by atoms with Crippen LogP contribution in [0.4, 0.5) is 31.8 Å². The van der Waals surface area contributed by atoms with Gasteiger partial charge in [-0.1, -0.05) is 0 Å². The second-order valence-corrected chi connectivity index (χ2v) is 14.1. The molecule has 0 unspecified atom stereocenters. The van der Waals surface area contributed by atoms with Crippen molar-refractivity contribution in [2.45, 2.75) is 38.7 Å². The van der Waals surface area contributed by atoms with E-state index < -0.39 is 36.0 Å². The molecule has 0 aliphatic heterocycles. The maximum absolute atomic E-state index is 13.8. The van der Waals surface area contributed by atoms with Gasteiger partial charge in [-0.05, 0) is 101 Å². The third kappa shape index (κ3) is 6.44. The van der Waals surface area contributed by atoms with Gasteiger partial charge in [0.05, 0.1) is 23.0 Å². The van der Waals surface area contributed by atoms with Crippen molar-refractivity contribution >= 4 is 56.4 Å². The van der Waals surface area contributed by atoms with Gasteiger partial charge in [0.25, 0.3) is 11.1 Å². The lowest BCUT2D eigenvalue weighted by molar-refractivity contribution is -0.118. The van der Waals surface area contributed by atoms with Gasteiger partial charge < -0.3 is 30.8 Å². The van der Waals surface area contributed by atoms with Crippen molar-refractivity contribution in [1.82, 2.24) is 19.1 Å². The number of amides is 2. The molecule has 2 fully saturated rings. The topological polar surface area (TPSA) is 166 Å². The zero-order chi connectivity index (χ0) is 38.0. The van der Waals surface area contributed by atoms with Crippen LogP contribution in [0.1, 0.15) is 24.0 Å². The molecule has 2 saturated carbocycles. The third-order valence-electron chi connectivity index (χ3n) is 10.2. The number of nitrogens with two attached hydrogens (primary N) is 1. The fraction of sp³-hybridized carbons (Fsp3) is 0.250. The number of aryl methyl sites for hydroxylation is 3. The number of anilines is 4. The van der Waals surface area contributed by atoms with Crippen LogP contribution in [0.25, 0.3) is 43.8 Å². The Morgan fingerprint density at radius 1 is 0.778 bits per heavy atom. The van der Waals surface area contributed by atoms with Gasteiger partial charge in [0.2, 0.25) is 11.8 Å². The molecular weight excluding hydrogens is 694 g/mol. The molecular formula is C40H36F2N8O4. The molecule has 2 amide bonds. The number of aromatic nitrogens is 4. The number of nitrogen functional groups attached to an aromatic ring is 1. The molecule has 4 heterocycles. The summed E-state index contributed by atoms with van der Waals surface area (Å²) in [5.41, 5.74) is 10.5. The first kappa shape index (κ1) is 34.6. The number of carbonyl (C=O) groups excluding carboxylic acids is 2. The van der Waals surface area contributed by atoms with Gasteiger partial charge in [-0.2, -0.15) is 0 Å². The summed E-state index contributed by atoms with van der Waals surface area (Å²) in [5.74, 6) is -1.74. The van der Waals surface area contributed by atoms with Gasteiger partial charge in [0, 0.05) is 67.6 Å². The van der Waals surface area contributed by atoms with E-state index in [2.05, 4.69) is 25.9 Å². The largest absolute Gasteiger partial charge is 0.398 e. The Kier molecular flexibility index (Phi) is 8.47. The highest BCUT2D eigenvalue weighted by Crippen LogP contribution is 2.37. The fourth-order valence-corrected chi connectivity index (χ4v) is 6.81. The van der Waals surface area contributed by atoms with Crippen molar-refractivity contribution in [2.24, 2.45) is 25.9 Å². The van der Waals surface area contributed by atoms with Crippen LogP contribution in [-0.2, 0) is 30.2 Å². The minimum absolute atomic E-state index is 0.176. The minimum atomic E-state index is -1.16. The number of nitrogens with zero attached hydrogens (tertiary/aromatic N) is 4. The number of benzene rings is 2. The molecule has 4 aromatic heterocycles. The van der Waals surface area contributed by atoms with Crippen LogP contribution in [-0.4, -0.2) is 43.3 Å².